The van der Waals surface area contributed by atoms with Gasteiger partial charge in [0.2, 0.25) is 0 Å². The minimum absolute atomic E-state index is 0.00399. The van der Waals surface area contributed by atoms with E-state index in [-0.39, 0.29) is 22.4 Å². The number of aromatic nitrogens is 3. The molecule has 0 bridgehead atoms. The van der Waals surface area contributed by atoms with E-state index in [1.807, 2.05) is 127 Å². The van der Waals surface area contributed by atoms with Gasteiger partial charge in [0.15, 0.2) is 0 Å². The van der Waals surface area contributed by atoms with Crippen LogP contribution >= 0.6 is 0 Å². The molecule has 9 nitrogen and oxygen atoms in total. The second-order valence-corrected chi connectivity index (χ2v) is 11.6. The summed E-state index contributed by atoms with van der Waals surface area (Å²) in [6.07, 6.45) is 4.93. The van der Waals surface area contributed by atoms with Gasteiger partial charge in [0, 0.05) is 36.8 Å². The first kappa shape index (κ1) is 36.4. The minimum atomic E-state index is -0.196. The average Bonchev–Trinajstić information content (AvgIpc) is 3.17. The largest absolute Gasteiger partial charge is 0.508 e. The van der Waals surface area contributed by atoms with E-state index in [0.717, 1.165) is 22.3 Å². The van der Waals surface area contributed by atoms with E-state index >= 15 is 0 Å². The molecule has 0 aliphatic carbocycles. The summed E-state index contributed by atoms with van der Waals surface area (Å²) < 4.78 is 14.3. The molecule has 0 aliphatic heterocycles. The Hall–Kier alpha value is -6.87. The molecule has 3 heterocycles. The summed E-state index contributed by atoms with van der Waals surface area (Å²) in [5, 5.41) is 9.09. The van der Waals surface area contributed by atoms with Crippen molar-refractivity contribution in [3.05, 3.63) is 230 Å². The number of H-pyrrole nitrogens is 1. The van der Waals surface area contributed by atoms with Crippen LogP contribution in [0.15, 0.2) is 191 Å². The van der Waals surface area contributed by atoms with Crippen LogP contribution < -0.4 is 26.2 Å². The average molecular weight is 694 g/mol. The topological polar surface area (TPSA) is 116 Å². The second kappa shape index (κ2) is 19.4. The third kappa shape index (κ3) is 12.2. The molecular weight excluding hydrogens is 654 g/mol. The predicted molar refractivity (Wildman–Crippen MR) is 203 cm³/mol. The molecule has 0 unspecified atom stereocenters. The van der Waals surface area contributed by atoms with Crippen LogP contribution in [0.5, 0.6) is 17.2 Å². The smallest absolute Gasteiger partial charge is 0.254 e. The number of hydrogen-bond donors (Lipinski definition) is 2. The Morgan fingerprint density at radius 3 is 1.35 bits per heavy atom. The monoisotopic (exact) mass is 693 g/mol. The maximum absolute atomic E-state index is 12.1. The Labute approximate surface area is 301 Å². The Bertz CT molecular complexity index is 2270. The zero-order valence-corrected chi connectivity index (χ0v) is 28.5. The van der Waals surface area contributed by atoms with E-state index < -0.39 is 0 Å². The lowest BCUT2D eigenvalue weighted by atomic mass is 10.2. The van der Waals surface area contributed by atoms with Gasteiger partial charge in [-0.25, -0.2) is 0 Å². The molecule has 0 spiro atoms. The van der Waals surface area contributed by atoms with Crippen molar-refractivity contribution in [1.29, 1.82) is 0 Å². The number of aromatic amines is 1. The normalized spacial score (nSPS) is 10.2. The molecule has 0 aliphatic rings. The lowest BCUT2D eigenvalue weighted by molar-refractivity contribution is 0.305. The summed E-state index contributed by atoms with van der Waals surface area (Å²) in [7, 11) is 0. The van der Waals surface area contributed by atoms with Gasteiger partial charge < -0.3 is 28.7 Å². The Balaban J connectivity index is 0.000000155. The van der Waals surface area contributed by atoms with Crippen LogP contribution in [0.1, 0.15) is 22.3 Å². The molecule has 2 N–H and O–H groups in total. The van der Waals surface area contributed by atoms with E-state index in [9.17, 15) is 14.4 Å². The predicted octanol–water partition coefficient (Wildman–Crippen LogP) is 7.03. The summed E-state index contributed by atoms with van der Waals surface area (Å²) in [5.74, 6) is 1.19. The first-order valence-electron chi connectivity index (χ1n) is 16.6. The van der Waals surface area contributed by atoms with Crippen molar-refractivity contribution in [2.24, 2.45) is 0 Å². The minimum Gasteiger partial charge on any atom is -0.508 e. The van der Waals surface area contributed by atoms with Gasteiger partial charge in [-0.3, -0.25) is 14.4 Å². The molecule has 0 saturated heterocycles. The van der Waals surface area contributed by atoms with E-state index in [1.54, 1.807) is 33.8 Å². The van der Waals surface area contributed by atoms with Crippen LogP contribution in [0.3, 0.4) is 0 Å². The van der Waals surface area contributed by atoms with Crippen molar-refractivity contribution < 1.29 is 14.6 Å². The fraction of sp³-hybridized carbons (Fsp3) is 0.0930. The molecule has 0 atom stereocenters. The lowest BCUT2D eigenvalue weighted by Crippen LogP contribution is -2.19. The summed E-state index contributed by atoms with van der Waals surface area (Å²) in [6, 6.07) is 48.6. The SMILES string of the molecule is O=c1cc(O)ccn1Cc1ccccc1.O=c1cc(OCc2ccccc2)cc[nH]1.O=c1cc(OCc2ccccc2)ccn1Cc1ccccc1. The van der Waals surface area contributed by atoms with Crippen molar-refractivity contribution in [1.82, 2.24) is 14.1 Å². The van der Waals surface area contributed by atoms with Gasteiger partial charge in [-0.15, -0.1) is 0 Å². The van der Waals surface area contributed by atoms with Crippen molar-refractivity contribution in [3.8, 4) is 17.2 Å². The highest BCUT2D eigenvalue weighted by Gasteiger charge is 2.02. The van der Waals surface area contributed by atoms with Gasteiger partial charge in [0.25, 0.3) is 16.7 Å². The number of rotatable bonds is 10. The van der Waals surface area contributed by atoms with Crippen LogP contribution in [0, 0.1) is 0 Å². The van der Waals surface area contributed by atoms with Gasteiger partial charge in [0.05, 0.1) is 13.1 Å². The maximum atomic E-state index is 12.1. The number of ether oxygens (including phenoxy) is 2. The van der Waals surface area contributed by atoms with Crippen molar-refractivity contribution in [3.63, 3.8) is 0 Å². The molecule has 4 aromatic carbocycles. The molecule has 7 aromatic rings. The maximum Gasteiger partial charge on any atom is 0.254 e. The quantitative estimate of drug-likeness (QED) is 0.159. The van der Waals surface area contributed by atoms with Crippen molar-refractivity contribution in [2.75, 3.05) is 0 Å². The molecule has 7 rings (SSSR count). The number of hydrogen-bond acceptors (Lipinski definition) is 6. The number of nitrogens with one attached hydrogen (secondary N) is 1. The van der Waals surface area contributed by atoms with Crippen LogP contribution in [0.2, 0.25) is 0 Å². The summed E-state index contributed by atoms with van der Waals surface area (Å²) in [4.78, 5) is 37.1. The van der Waals surface area contributed by atoms with Gasteiger partial charge in [-0.05, 0) is 40.5 Å². The van der Waals surface area contributed by atoms with E-state index in [2.05, 4.69) is 4.98 Å². The van der Waals surface area contributed by atoms with Gasteiger partial charge in [-0.1, -0.05) is 121 Å². The Morgan fingerprint density at radius 1 is 0.481 bits per heavy atom. The Kier molecular flexibility index (Phi) is 13.6. The summed E-state index contributed by atoms with van der Waals surface area (Å²) >= 11 is 0. The van der Waals surface area contributed by atoms with Gasteiger partial charge >= 0.3 is 0 Å². The van der Waals surface area contributed by atoms with E-state index in [0.29, 0.717) is 37.8 Å². The molecular formula is C43H39N3O6. The molecule has 3 aromatic heterocycles. The van der Waals surface area contributed by atoms with Crippen LogP contribution in [-0.2, 0) is 26.3 Å². The summed E-state index contributed by atoms with van der Waals surface area (Å²) in [6.45, 7) is 2.03. The number of benzene rings is 4. The first-order valence-corrected chi connectivity index (χ1v) is 16.6. The van der Waals surface area contributed by atoms with Gasteiger partial charge in [-0.2, -0.15) is 0 Å². The molecule has 0 radical (unpaired) electrons. The lowest BCUT2D eigenvalue weighted by Gasteiger charge is -2.09. The molecule has 9 heteroatoms. The van der Waals surface area contributed by atoms with Crippen molar-refractivity contribution >= 4 is 0 Å². The number of pyridine rings is 3. The highest BCUT2D eigenvalue weighted by Crippen LogP contribution is 2.11. The molecule has 0 fully saturated rings. The summed E-state index contributed by atoms with van der Waals surface area (Å²) in [5.41, 5.74) is 3.91. The third-order valence-corrected chi connectivity index (χ3v) is 7.58. The van der Waals surface area contributed by atoms with Gasteiger partial charge in [0.1, 0.15) is 30.5 Å². The van der Waals surface area contributed by atoms with Crippen LogP contribution in [0.4, 0.5) is 0 Å². The van der Waals surface area contributed by atoms with Crippen LogP contribution in [-0.4, -0.2) is 19.2 Å². The third-order valence-electron chi connectivity index (χ3n) is 7.58. The molecule has 0 saturated carbocycles. The zero-order valence-electron chi connectivity index (χ0n) is 28.5. The highest BCUT2D eigenvalue weighted by molar-refractivity contribution is 5.23. The van der Waals surface area contributed by atoms with E-state index in [4.69, 9.17) is 14.6 Å². The van der Waals surface area contributed by atoms with E-state index in [1.165, 1.54) is 24.3 Å². The molecule has 0 amide bonds. The second-order valence-electron chi connectivity index (χ2n) is 11.6. The molecule has 52 heavy (non-hydrogen) atoms. The number of nitrogens with zero attached hydrogens (tertiary/aromatic N) is 2. The standard InChI is InChI=1S/C19H17NO2.2C12H11NO2/c21-19-13-18(22-15-17-9-5-2-6-10-17)11-12-20(19)14-16-7-3-1-4-8-16;14-12-8-11(6-7-13-12)15-9-10-4-2-1-3-5-10;14-11-6-7-13(12(15)8-11)9-10-4-2-1-3-5-10/h1-13H,14-15H2;1-8H,9H2,(H,13,14);1-8,14H,9H2. The fourth-order valence-electron chi connectivity index (χ4n) is 4.89. The highest BCUT2D eigenvalue weighted by atomic mass is 16.5. The fourth-order valence-corrected chi connectivity index (χ4v) is 4.89. The zero-order chi connectivity index (χ0) is 36.4. The Morgan fingerprint density at radius 2 is 0.904 bits per heavy atom. The molecule has 262 valence electrons. The number of aromatic hydroxyl groups is 1. The van der Waals surface area contributed by atoms with Crippen LogP contribution in [0.25, 0.3) is 0 Å². The van der Waals surface area contributed by atoms with Crippen molar-refractivity contribution in [2.45, 2.75) is 26.3 Å². The first-order chi connectivity index (χ1) is 25.4.